The molecule has 0 aliphatic heterocycles. The van der Waals surface area contributed by atoms with Crippen LogP contribution in [-0.2, 0) is 4.79 Å². The number of nitrogens with one attached hydrogen (secondary N) is 2. The first-order valence-corrected chi connectivity index (χ1v) is 9.51. The summed E-state index contributed by atoms with van der Waals surface area (Å²) in [6.45, 7) is 0. The smallest absolute Gasteiger partial charge is 0.270 e. The van der Waals surface area contributed by atoms with Gasteiger partial charge in [-0.1, -0.05) is 6.07 Å². The minimum Gasteiger partial charge on any atom is -0.340 e. The molecule has 0 heterocycles. The molecule has 0 bridgehead atoms. The number of hydrogen-bond acceptors (Lipinski definition) is 5. The van der Waals surface area contributed by atoms with Gasteiger partial charge in [-0.3, -0.25) is 19.7 Å². The third-order valence-corrected chi connectivity index (χ3v) is 4.38. The number of non-ortho nitro benzene ring substituents is 1. The number of anilines is 1. The highest BCUT2D eigenvalue weighted by molar-refractivity contribution is 7.98. The van der Waals surface area contributed by atoms with Gasteiger partial charge in [0, 0.05) is 23.8 Å². The number of nitrogens with zero attached hydrogens (tertiary/aromatic N) is 1. The largest absolute Gasteiger partial charge is 0.340 e. The number of carbonyl (C=O) groups is 2. The normalized spacial score (nSPS) is 11.5. The Bertz CT molecular complexity index is 895. The van der Waals surface area contributed by atoms with Crippen LogP contribution < -0.4 is 10.6 Å². The van der Waals surface area contributed by atoms with E-state index >= 15 is 0 Å². The molecule has 2 N–H and O–H groups in total. The third-order valence-electron chi connectivity index (χ3n) is 3.74. The molecular weight excluding hydrogens is 392 g/mol. The van der Waals surface area contributed by atoms with Crippen LogP contribution >= 0.6 is 11.8 Å². The summed E-state index contributed by atoms with van der Waals surface area (Å²) in [6.07, 6.45) is 2.06. The second-order valence-electron chi connectivity index (χ2n) is 5.73. The predicted molar refractivity (Wildman–Crippen MR) is 102 cm³/mol. The lowest BCUT2D eigenvalue weighted by molar-refractivity contribution is -0.384. The summed E-state index contributed by atoms with van der Waals surface area (Å²) in [4.78, 5) is 35.1. The molecule has 7 nitrogen and oxygen atoms in total. The van der Waals surface area contributed by atoms with E-state index in [4.69, 9.17) is 0 Å². The van der Waals surface area contributed by atoms with Crippen molar-refractivity contribution in [3.05, 3.63) is 69.8 Å². The molecule has 0 aliphatic rings. The van der Waals surface area contributed by atoms with Crippen molar-refractivity contribution in [3.63, 3.8) is 0 Å². The van der Waals surface area contributed by atoms with Gasteiger partial charge in [0.2, 0.25) is 5.91 Å². The first-order chi connectivity index (χ1) is 13.3. The first kappa shape index (κ1) is 21.3. The van der Waals surface area contributed by atoms with Crippen LogP contribution in [0, 0.1) is 21.7 Å². The maximum Gasteiger partial charge on any atom is 0.270 e. The lowest BCUT2D eigenvalue weighted by Gasteiger charge is -2.18. The Kier molecular flexibility index (Phi) is 7.44. The number of nitro benzene ring substituents is 1. The Morgan fingerprint density at radius 3 is 2.61 bits per heavy atom. The van der Waals surface area contributed by atoms with Crippen LogP contribution in [-0.4, -0.2) is 34.8 Å². The van der Waals surface area contributed by atoms with Crippen molar-refractivity contribution in [3.8, 4) is 0 Å². The Labute approximate surface area is 163 Å². The van der Waals surface area contributed by atoms with Gasteiger partial charge in [0.25, 0.3) is 11.6 Å². The molecule has 0 radical (unpaired) electrons. The van der Waals surface area contributed by atoms with Crippen LogP contribution in [0.5, 0.6) is 0 Å². The summed E-state index contributed by atoms with van der Waals surface area (Å²) < 4.78 is 26.8. The maximum absolute atomic E-state index is 13.8. The van der Waals surface area contributed by atoms with E-state index in [0.29, 0.717) is 11.8 Å². The number of nitro groups is 1. The average Bonchev–Trinajstić information content (AvgIpc) is 2.67. The summed E-state index contributed by atoms with van der Waals surface area (Å²) >= 11 is 1.44. The van der Waals surface area contributed by atoms with Crippen LogP contribution in [0.2, 0.25) is 0 Å². The van der Waals surface area contributed by atoms with Gasteiger partial charge in [-0.05, 0) is 36.6 Å². The fourth-order valence-corrected chi connectivity index (χ4v) is 2.79. The zero-order valence-electron chi connectivity index (χ0n) is 14.8. The van der Waals surface area contributed by atoms with E-state index in [1.54, 1.807) is 0 Å². The Hall–Kier alpha value is -3.01. The highest BCUT2D eigenvalue weighted by Gasteiger charge is 2.23. The molecule has 28 heavy (non-hydrogen) atoms. The minimum absolute atomic E-state index is 0.0177. The van der Waals surface area contributed by atoms with Gasteiger partial charge in [-0.2, -0.15) is 11.8 Å². The number of rotatable bonds is 8. The molecule has 1 unspecified atom stereocenters. The molecule has 0 saturated heterocycles. The average molecular weight is 409 g/mol. The highest BCUT2D eigenvalue weighted by Crippen LogP contribution is 2.17. The van der Waals surface area contributed by atoms with Crippen LogP contribution in [0.4, 0.5) is 20.2 Å². The van der Waals surface area contributed by atoms with E-state index in [1.807, 2.05) is 6.26 Å². The van der Waals surface area contributed by atoms with E-state index in [1.165, 1.54) is 30.0 Å². The summed E-state index contributed by atoms with van der Waals surface area (Å²) in [5.74, 6) is -2.56. The molecular formula is C18H17F2N3O4S. The minimum atomic E-state index is -1.01. The van der Waals surface area contributed by atoms with Crippen LogP contribution in [0.3, 0.4) is 0 Å². The van der Waals surface area contributed by atoms with E-state index in [0.717, 1.165) is 18.2 Å². The number of amides is 2. The van der Waals surface area contributed by atoms with Crippen molar-refractivity contribution in [2.24, 2.45) is 0 Å². The molecule has 0 spiro atoms. The van der Waals surface area contributed by atoms with Crippen LogP contribution in [0.15, 0.2) is 42.5 Å². The van der Waals surface area contributed by atoms with E-state index in [2.05, 4.69) is 10.6 Å². The number of hydrogen-bond donors (Lipinski definition) is 2. The molecule has 2 amide bonds. The fraction of sp³-hybridized carbons (Fsp3) is 0.222. The molecule has 0 aliphatic carbocycles. The van der Waals surface area contributed by atoms with Gasteiger partial charge in [-0.15, -0.1) is 0 Å². The highest BCUT2D eigenvalue weighted by atomic mass is 32.2. The lowest BCUT2D eigenvalue weighted by atomic mass is 10.1. The lowest BCUT2D eigenvalue weighted by Crippen LogP contribution is -2.44. The van der Waals surface area contributed by atoms with Crippen molar-refractivity contribution in [1.29, 1.82) is 0 Å². The second kappa shape index (κ2) is 9.79. The molecule has 148 valence electrons. The SMILES string of the molecule is CSCCC(NC(=O)c1cccc([N+](=O)[O-])c1)C(=O)Nc1ccc(F)cc1F. The topological polar surface area (TPSA) is 101 Å². The zero-order valence-corrected chi connectivity index (χ0v) is 15.6. The monoisotopic (exact) mass is 409 g/mol. The summed E-state index contributed by atoms with van der Waals surface area (Å²) in [5.41, 5.74) is -0.458. The van der Waals surface area contributed by atoms with Gasteiger partial charge >= 0.3 is 0 Å². The van der Waals surface area contributed by atoms with Crippen LogP contribution in [0.25, 0.3) is 0 Å². The predicted octanol–water partition coefficient (Wildman–Crippen LogP) is 3.36. The molecule has 2 aromatic carbocycles. The molecule has 2 rings (SSSR count). The number of halogens is 2. The maximum atomic E-state index is 13.8. The Balaban J connectivity index is 2.15. The standard InChI is InChI=1S/C18H17F2N3O4S/c1-28-8-7-16(18(25)21-15-6-5-12(19)10-14(15)20)22-17(24)11-3-2-4-13(9-11)23(26)27/h2-6,9-10,16H,7-8H2,1H3,(H,21,25)(H,22,24). The third kappa shape index (κ3) is 5.74. The number of thioether (sulfide) groups is 1. The van der Waals surface area contributed by atoms with Gasteiger partial charge in [0.15, 0.2) is 0 Å². The van der Waals surface area contributed by atoms with Gasteiger partial charge in [0.1, 0.15) is 17.7 Å². The molecule has 0 fully saturated rings. The number of benzene rings is 2. The molecule has 0 aromatic heterocycles. The van der Waals surface area contributed by atoms with Crippen molar-refractivity contribution >= 4 is 35.0 Å². The molecule has 0 saturated carbocycles. The summed E-state index contributed by atoms with van der Waals surface area (Å²) in [5, 5.41) is 15.7. The van der Waals surface area contributed by atoms with Crippen molar-refractivity contribution < 1.29 is 23.3 Å². The molecule has 10 heteroatoms. The molecule has 1 atom stereocenters. The second-order valence-corrected chi connectivity index (χ2v) is 6.71. The first-order valence-electron chi connectivity index (χ1n) is 8.12. The van der Waals surface area contributed by atoms with Gasteiger partial charge in [0.05, 0.1) is 10.6 Å². The van der Waals surface area contributed by atoms with E-state index in [-0.39, 0.29) is 23.4 Å². The Morgan fingerprint density at radius 2 is 1.96 bits per heavy atom. The van der Waals surface area contributed by atoms with Crippen LogP contribution in [0.1, 0.15) is 16.8 Å². The summed E-state index contributed by atoms with van der Waals surface area (Å²) in [6, 6.07) is 6.78. The van der Waals surface area contributed by atoms with E-state index < -0.39 is 34.4 Å². The summed E-state index contributed by atoms with van der Waals surface area (Å²) in [7, 11) is 0. The fourth-order valence-electron chi connectivity index (χ4n) is 2.32. The van der Waals surface area contributed by atoms with Crippen molar-refractivity contribution in [2.75, 3.05) is 17.3 Å². The Morgan fingerprint density at radius 1 is 1.21 bits per heavy atom. The van der Waals surface area contributed by atoms with E-state index in [9.17, 15) is 28.5 Å². The van der Waals surface area contributed by atoms with Gasteiger partial charge < -0.3 is 10.6 Å². The zero-order chi connectivity index (χ0) is 20.7. The molecule has 2 aromatic rings. The van der Waals surface area contributed by atoms with Crippen molar-refractivity contribution in [2.45, 2.75) is 12.5 Å². The van der Waals surface area contributed by atoms with Gasteiger partial charge in [-0.25, -0.2) is 8.78 Å². The van der Waals surface area contributed by atoms with Crippen molar-refractivity contribution in [1.82, 2.24) is 5.32 Å². The number of carbonyl (C=O) groups excluding carboxylic acids is 2. The quantitative estimate of drug-likeness (QED) is 0.514.